The lowest BCUT2D eigenvalue weighted by molar-refractivity contribution is -0.111. The minimum atomic E-state index is -0.253. The zero-order valence-corrected chi connectivity index (χ0v) is 16.4. The molecule has 0 saturated carbocycles. The van der Waals surface area contributed by atoms with E-state index in [1.54, 1.807) is 39.5 Å². The van der Waals surface area contributed by atoms with Gasteiger partial charge in [0.1, 0.15) is 5.69 Å². The molecular formula is C20H19N3O4S. The van der Waals surface area contributed by atoms with E-state index in [1.807, 2.05) is 29.6 Å². The predicted octanol–water partition coefficient (Wildman–Crippen LogP) is 3.88. The summed E-state index contributed by atoms with van der Waals surface area (Å²) in [5, 5.41) is 8.71. The van der Waals surface area contributed by atoms with Crippen molar-refractivity contribution in [3.8, 4) is 28.5 Å². The second kappa shape index (κ2) is 9.01. The van der Waals surface area contributed by atoms with Crippen LogP contribution in [0.15, 0.2) is 47.9 Å². The third-order valence-electron chi connectivity index (χ3n) is 3.92. The Labute approximate surface area is 166 Å². The number of anilines is 1. The number of hydrogen-bond acceptors (Lipinski definition) is 7. The molecule has 1 N–H and O–H groups in total. The van der Waals surface area contributed by atoms with Crippen LogP contribution in [0.1, 0.15) is 5.56 Å². The Balaban J connectivity index is 1.70. The van der Waals surface area contributed by atoms with Crippen LogP contribution in [0.5, 0.6) is 17.2 Å². The molecule has 3 aromatic rings. The van der Waals surface area contributed by atoms with Gasteiger partial charge in [-0.1, -0.05) is 16.6 Å². The normalized spacial score (nSPS) is 10.7. The van der Waals surface area contributed by atoms with Crippen LogP contribution in [0.2, 0.25) is 0 Å². The maximum absolute atomic E-state index is 12.2. The number of rotatable bonds is 7. The van der Waals surface area contributed by atoms with Gasteiger partial charge in [0.15, 0.2) is 11.5 Å². The van der Waals surface area contributed by atoms with Crippen LogP contribution < -0.4 is 19.5 Å². The molecule has 0 radical (unpaired) electrons. The van der Waals surface area contributed by atoms with Crippen molar-refractivity contribution in [3.05, 3.63) is 53.4 Å². The van der Waals surface area contributed by atoms with Crippen molar-refractivity contribution in [1.82, 2.24) is 9.59 Å². The lowest BCUT2D eigenvalue weighted by Gasteiger charge is -2.12. The van der Waals surface area contributed by atoms with E-state index in [2.05, 4.69) is 14.9 Å². The fraction of sp³-hybridized carbons (Fsp3) is 0.150. The van der Waals surface area contributed by atoms with Crippen LogP contribution in [0, 0.1) is 0 Å². The summed E-state index contributed by atoms with van der Waals surface area (Å²) >= 11 is 1.30. The molecule has 0 aliphatic carbocycles. The monoisotopic (exact) mass is 397 g/mol. The molecule has 0 saturated heterocycles. The topological polar surface area (TPSA) is 82.6 Å². The van der Waals surface area contributed by atoms with E-state index in [4.69, 9.17) is 14.2 Å². The molecule has 1 aromatic heterocycles. The van der Waals surface area contributed by atoms with Crippen molar-refractivity contribution in [2.45, 2.75) is 0 Å². The molecule has 28 heavy (non-hydrogen) atoms. The first kappa shape index (κ1) is 19.4. The van der Waals surface area contributed by atoms with Crippen molar-refractivity contribution in [2.75, 3.05) is 26.6 Å². The van der Waals surface area contributed by atoms with Crippen LogP contribution in [-0.4, -0.2) is 36.8 Å². The summed E-state index contributed by atoms with van der Waals surface area (Å²) in [5.41, 5.74) is 3.19. The summed E-state index contributed by atoms with van der Waals surface area (Å²) in [6.07, 6.45) is 3.12. The Morgan fingerprint density at radius 2 is 1.71 bits per heavy atom. The first-order valence-corrected chi connectivity index (χ1v) is 9.15. The van der Waals surface area contributed by atoms with Crippen molar-refractivity contribution in [1.29, 1.82) is 0 Å². The Hall–Kier alpha value is -3.39. The van der Waals surface area contributed by atoms with E-state index in [-0.39, 0.29) is 5.91 Å². The lowest BCUT2D eigenvalue weighted by Crippen LogP contribution is -2.07. The third kappa shape index (κ3) is 4.47. The number of ether oxygens (including phenoxy) is 3. The molecule has 0 aliphatic heterocycles. The fourth-order valence-electron chi connectivity index (χ4n) is 2.57. The number of nitrogens with one attached hydrogen (secondary N) is 1. The highest BCUT2D eigenvalue weighted by atomic mass is 32.1. The number of benzene rings is 2. The Morgan fingerprint density at radius 1 is 1.04 bits per heavy atom. The zero-order chi connectivity index (χ0) is 19.9. The second-order valence-corrected chi connectivity index (χ2v) is 6.26. The largest absolute Gasteiger partial charge is 0.493 e. The minimum absolute atomic E-state index is 0.253. The number of carbonyl (C=O) groups excluding carboxylic acids is 1. The maximum Gasteiger partial charge on any atom is 0.248 e. The molecular weight excluding hydrogens is 378 g/mol. The lowest BCUT2D eigenvalue weighted by atomic mass is 10.1. The standard InChI is InChI=1S/C20H19N3O4S/c1-25-17-10-13(11-18(26-2)20(17)27-3)4-9-19(24)21-15-7-5-14(6-8-15)16-12-28-23-22-16/h4-12H,1-3H3,(H,21,24). The summed E-state index contributed by atoms with van der Waals surface area (Å²) < 4.78 is 19.8. The average Bonchev–Trinajstić information content (AvgIpc) is 3.26. The highest BCUT2D eigenvalue weighted by molar-refractivity contribution is 7.03. The minimum Gasteiger partial charge on any atom is -0.493 e. The molecule has 2 aromatic carbocycles. The highest BCUT2D eigenvalue weighted by Gasteiger charge is 2.12. The molecule has 1 heterocycles. The number of methoxy groups -OCH3 is 3. The van der Waals surface area contributed by atoms with Crippen molar-refractivity contribution < 1.29 is 19.0 Å². The van der Waals surface area contributed by atoms with Crippen molar-refractivity contribution in [3.63, 3.8) is 0 Å². The maximum atomic E-state index is 12.2. The molecule has 0 spiro atoms. The van der Waals surface area contributed by atoms with Crippen LogP contribution in [0.3, 0.4) is 0 Å². The smallest absolute Gasteiger partial charge is 0.248 e. The van der Waals surface area contributed by atoms with Crippen LogP contribution >= 0.6 is 11.5 Å². The predicted molar refractivity (Wildman–Crippen MR) is 109 cm³/mol. The summed E-state index contributed by atoms with van der Waals surface area (Å²) in [7, 11) is 4.63. The molecule has 3 rings (SSSR count). The van der Waals surface area contributed by atoms with Crippen molar-refractivity contribution >= 4 is 29.2 Å². The first-order valence-electron chi connectivity index (χ1n) is 8.31. The Morgan fingerprint density at radius 3 is 2.25 bits per heavy atom. The van der Waals surface area contributed by atoms with Gasteiger partial charge in [-0.05, 0) is 47.4 Å². The molecule has 0 fully saturated rings. The zero-order valence-electron chi connectivity index (χ0n) is 15.6. The van der Waals surface area contributed by atoms with E-state index in [9.17, 15) is 4.79 Å². The second-order valence-electron chi connectivity index (χ2n) is 5.65. The molecule has 0 bridgehead atoms. The van der Waals surface area contributed by atoms with Crippen LogP contribution in [0.4, 0.5) is 5.69 Å². The molecule has 0 atom stereocenters. The quantitative estimate of drug-likeness (QED) is 0.609. The van der Waals surface area contributed by atoms with E-state index in [0.717, 1.165) is 16.8 Å². The summed E-state index contributed by atoms with van der Waals surface area (Å²) in [4.78, 5) is 12.2. The van der Waals surface area contributed by atoms with Gasteiger partial charge < -0.3 is 19.5 Å². The highest BCUT2D eigenvalue weighted by Crippen LogP contribution is 2.38. The summed E-state index contributed by atoms with van der Waals surface area (Å²) in [6, 6.07) is 10.9. The van der Waals surface area contributed by atoms with E-state index in [1.165, 1.54) is 17.6 Å². The SMILES string of the molecule is COc1cc(C=CC(=O)Nc2ccc(-c3csnn3)cc2)cc(OC)c1OC. The molecule has 8 heteroatoms. The molecule has 7 nitrogen and oxygen atoms in total. The first-order chi connectivity index (χ1) is 13.6. The summed E-state index contributed by atoms with van der Waals surface area (Å²) in [5.74, 6) is 1.29. The van der Waals surface area contributed by atoms with Gasteiger partial charge in [-0.25, -0.2) is 0 Å². The van der Waals surface area contributed by atoms with Gasteiger partial charge in [-0.15, -0.1) is 5.10 Å². The van der Waals surface area contributed by atoms with Gasteiger partial charge >= 0.3 is 0 Å². The van der Waals surface area contributed by atoms with Gasteiger partial charge in [-0.2, -0.15) is 0 Å². The number of nitrogens with zero attached hydrogens (tertiary/aromatic N) is 2. The molecule has 0 unspecified atom stereocenters. The third-order valence-corrected chi connectivity index (χ3v) is 4.43. The van der Waals surface area contributed by atoms with E-state index < -0.39 is 0 Å². The fourth-order valence-corrected chi connectivity index (χ4v) is 3.03. The number of hydrogen-bond donors (Lipinski definition) is 1. The van der Waals surface area contributed by atoms with Gasteiger partial charge in [-0.3, -0.25) is 4.79 Å². The number of amides is 1. The Kier molecular flexibility index (Phi) is 6.23. The van der Waals surface area contributed by atoms with Gasteiger partial charge in [0, 0.05) is 22.7 Å². The van der Waals surface area contributed by atoms with Crippen LogP contribution in [-0.2, 0) is 4.79 Å². The molecule has 144 valence electrons. The van der Waals surface area contributed by atoms with Crippen molar-refractivity contribution in [2.24, 2.45) is 0 Å². The number of carbonyl (C=O) groups is 1. The van der Waals surface area contributed by atoms with Gasteiger partial charge in [0.25, 0.3) is 0 Å². The Bertz CT molecular complexity index is 945. The summed E-state index contributed by atoms with van der Waals surface area (Å²) in [6.45, 7) is 0. The number of aromatic nitrogens is 2. The average molecular weight is 397 g/mol. The molecule has 0 aliphatic rings. The van der Waals surface area contributed by atoms with E-state index >= 15 is 0 Å². The molecule has 1 amide bonds. The van der Waals surface area contributed by atoms with E-state index in [0.29, 0.717) is 22.9 Å². The van der Waals surface area contributed by atoms with Gasteiger partial charge in [0.2, 0.25) is 11.7 Å². The van der Waals surface area contributed by atoms with Crippen LogP contribution in [0.25, 0.3) is 17.3 Å². The van der Waals surface area contributed by atoms with Gasteiger partial charge in [0.05, 0.1) is 21.3 Å².